The number of aliphatic imine (C=N–C) groups is 1. The van der Waals surface area contributed by atoms with Crippen molar-refractivity contribution < 1.29 is 14.3 Å². The molecule has 6 nitrogen and oxygen atoms in total. The molecule has 33 heavy (non-hydrogen) atoms. The Kier molecular flexibility index (Phi) is 8.33. The second kappa shape index (κ2) is 11.2. The van der Waals surface area contributed by atoms with Crippen molar-refractivity contribution >= 4 is 45.7 Å². The van der Waals surface area contributed by atoms with Crippen molar-refractivity contribution in [2.45, 2.75) is 52.7 Å². The summed E-state index contributed by atoms with van der Waals surface area (Å²) >= 11 is 1.40. The molecule has 1 heterocycles. The van der Waals surface area contributed by atoms with Gasteiger partial charge in [-0.3, -0.25) is 9.59 Å². The standard InChI is InChI=1S/C26H31N3O3S/c1-6-22(26(31)29-25-17(4)12-16(3)13-18(25)5)33-23-14-19(15-24(30)32-7-2)27-20-10-8-9-11-21(20)28-23/h8-14,22,27H,6-7,15H2,1-5H3,(H,29,31)/t22-/m0/s1. The summed E-state index contributed by atoms with van der Waals surface area (Å²) in [6.07, 6.45) is 2.57. The van der Waals surface area contributed by atoms with Gasteiger partial charge in [0.05, 0.1) is 34.7 Å². The van der Waals surface area contributed by atoms with E-state index >= 15 is 0 Å². The van der Waals surface area contributed by atoms with Crippen molar-refractivity contribution in [1.82, 2.24) is 0 Å². The number of hydrogen-bond acceptors (Lipinski definition) is 6. The predicted octanol–water partition coefficient (Wildman–Crippen LogP) is 6.05. The molecule has 2 aromatic carbocycles. The van der Waals surface area contributed by atoms with Crippen LogP contribution in [-0.4, -0.2) is 28.8 Å². The largest absolute Gasteiger partial charge is 0.466 e. The number of esters is 1. The van der Waals surface area contributed by atoms with Crippen LogP contribution in [0, 0.1) is 20.8 Å². The number of hydrogen-bond donors (Lipinski definition) is 2. The molecule has 0 aromatic heterocycles. The molecule has 0 radical (unpaired) electrons. The lowest BCUT2D eigenvalue weighted by Crippen LogP contribution is -2.26. The predicted molar refractivity (Wildman–Crippen MR) is 137 cm³/mol. The summed E-state index contributed by atoms with van der Waals surface area (Å²) in [6.45, 7) is 10.2. The molecule has 0 aliphatic carbocycles. The Bertz CT molecular complexity index is 1080. The van der Waals surface area contributed by atoms with Crippen molar-refractivity contribution in [3.8, 4) is 0 Å². The minimum atomic E-state index is -0.339. The average Bonchev–Trinajstić information content (AvgIpc) is 2.92. The van der Waals surface area contributed by atoms with E-state index in [-0.39, 0.29) is 23.5 Å². The van der Waals surface area contributed by atoms with Crippen LogP contribution in [0.5, 0.6) is 0 Å². The first kappa shape index (κ1) is 24.6. The third-order valence-corrected chi connectivity index (χ3v) is 6.50. The molecule has 0 saturated heterocycles. The minimum Gasteiger partial charge on any atom is -0.466 e. The van der Waals surface area contributed by atoms with Crippen molar-refractivity contribution in [3.05, 3.63) is 64.9 Å². The first-order valence-corrected chi connectivity index (χ1v) is 12.0. The summed E-state index contributed by atoms with van der Waals surface area (Å²) in [5.41, 5.74) is 6.37. The molecule has 0 spiro atoms. The van der Waals surface area contributed by atoms with Gasteiger partial charge in [0.2, 0.25) is 5.91 Å². The van der Waals surface area contributed by atoms with E-state index in [1.54, 1.807) is 6.92 Å². The van der Waals surface area contributed by atoms with Gasteiger partial charge in [-0.05, 0) is 63.5 Å². The highest BCUT2D eigenvalue weighted by atomic mass is 32.2. The van der Waals surface area contributed by atoms with Crippen LogP contribution in [0.15, 0.2) is 53.2 Å². The third kappa shape index (κ3) is 6.48. The summed E-state index contributed by atoms with van der Waals surface area (Å²) in [5, 5.41) is 6.74. The Morgan fingerprint density at radius 2 is 1.82 bits per heavy atom. The molecule has 1 amide bonds. The van der Waals surface area contributed by atoms with E-state index in [1.165, 1.54) is 17.3 Å². The summed E-state index contributed by atoms with van der Waals surface area (Å²) < 4.78 is 5.12. The third-order valence-electron chi connectivity index (χ3n) is 5.22. The fourth-order valence-electron chi connectivity index (χ4n) is 3.76. The van der Waals surface area contributed by atoms with Crippen molar-refractivity contribution in [1.29, 1.82) is 0 Å². The molecule has 174 valence electrons. The van der Waals surface area contributed by atoms with E-state index in [4.69, 9.17) is 9.73 Å². The molecule has 1 aliphatic rings. The molecule has 0 saturated carbocycles. The van der Waals surface area contributed by atoms with E-state index < -0.39 is 0 Å². The highest BCUT2D eigenvalue weighted by Crippen LogP contribution is 2.33. The molecule has 1 aliphatic heterocycles. The number of ether oxygens (including phenoxy) is 1. The molecule has 2 N–H and O–H groups in total. The van der Waals surface area contributed by atoms with Gasteiger partial charge in [0.1, 0.15) is 0 Å². The summed E-state index contributed by atoms with van der Waals surface area (Å²) in [7, 11) is 0. The quantitative estimate of drug-likeness (QED) is 0.486. The number of anilines is 2. The van der Waals surface area contributed by atoms with Gasteiger partial charge in [-0.15, -0.1) is 0 Å². The number of fused-ring (bicyclic) bond motifs is 1. The van der Waals surface area contributed by atoms with Crippen LogP contribution in [-0.2, 0) is 14.3 Å². The Labute approximate surface area is 199 Å². The summed E-state index contributed by atoms with van der Waals surface area (Å²) in [6, 6.07) is 11.8. The van der Waals surface area contributed by atoms with E-state index in [0.29, 0.717) is 23.8 Å². The Hall–Kier alpha value is -3.06. The zero-order chi connectivity index (χ0) is 24.0. The topological polar surface area (TPSA) is 79.8 Å². The maximum Gasteiger partial charge on any atom is 0.311 e. The number of nitrogens with zero attached hydrogens (tertiary/aromatic N) is 1. The maximum absolute atomic E-state index is 13.2. The van der Waals surface area contributed by atoms with Crippen molar-refractivity contribution in [2.75, 3.05) is 17.2 Å². The van der Waals surface area contributed by atoms with E-state index in [1.807, 2.05) is 58.0 Å². The first-order valence-electron chi connectivity index (χ1n) is 11.2. The van der Waals surface area contributed by atoms with Gasteiger partial charge in [0.25, 0.3) is 0 Å². The molecular weight excluding hydrogens is 434 g/mol. The lowest BCUT2D eigenvalue weighted by Gasteiger charge is -2.18. The van der Waals surface area contributed by atoms with Gasteiger partial charge in [-0.2, -0.15) is 0 Å². The summed E-state index contributed by atoms with van der Waals surface area (Å²) in [5.74, 6) is -0.374. The fraction of sp³-hybridized carbons (Fsp3) is 0.346. The highest BCUT2D eigenvalue weighted by Gasteiger charge is 2.23. The number of thioether (sulfide) groups is 1. The molecule has 2 aromatic rings. The molecular formula is C26H31N3O3S. The number of nitrogens with one attached hydrogen (secondary N) is 2. The second-order valence-corrected chi connectivity index (χ2v) is 9.24. The number of para-hydroxylation sites is 2. The molecule has 0 fully saturated rings. The zero-order valence-corrected chi connectivity index (χ0v) is 20.6. The van der Waals surface area contributed by atoms with Gasteiger partial charge >= 0.3 is 5.97 Å². The number of amides is 1. The number of aryl methyl sites for hydroxylation is 3. The van der Waals surface area contributed by atoms with Gasteiger partial charge in [-0.25, -0.2) is 4.99 Å². The second-order valence-electron chi connectivity index (χ2n) is 8.02. The van der Waals surface area contributed by atoms with Crippen LogP contribution >= 0.6 is 11.8 Å². The van der Waals surface area contributed by atoms with Gasteiger partial charge < -0.3 is 15.4 Å². The smallest absolute Gasteiger partial charge is 0.311 e. The lowest BCUT2D eigenvalue weighted by atomic mass is 10.0. The summed E-state index contributed by atoms with van der Waals surface area (Å²) in [4.78, 5) is 30.1. The van der Waals surface area contributed by atoms with Crippen molar-refractivity contribution in [2.24, 2.45) is 4.99 Å². The Balaban J connectivity index is 1.85. The van der Waals surface area contributed by atoms with E-state index in [2.05, 4.69) is 22.8 Å². The number of carbonyl (C=O) groups is 2. The fourth-order valence-corrected chi connectivity index (χ4v) is 4.74. The molecule has 0 bridgehead atoms. The highest BCUT2D eigenvalue weighted by molar-refractivity contribution is 8.15. The van der Waals surface area contributed by atoms with E-state index in [9.17, 15) is 9.59 Å². The van der Waals surface area contributed by atoms with Crippen LogP contribution in [0.4, 0.5) is 17.1 Å². The van der Waals surface area contributed by atoms with Gasteiger partial charge in [0.15, 0.2) is 0 Å². The SMILES string of the molecule is CCOC(=O)CC1=CC(S[C@@H](CC)C(=O)Nc2c(C)cc(C)cc2C)=Nc2ccccc2N1. The Morgan fingerprint density at radius 3 is 2.48 bits per heavy atom. The van der Waals surface area contributed by atoms with Crippen LogP contribution in [0.3, 0.4) is 0 Å². The number of benzene rings is 2. The van der Waals surface area contributed by atoms with Gasteiger partial charge in [0, 0.05) is 11.4 Å². The number of carbonyl (C=O) groups excluding carboxylic acids is 2. The van der Waals surface area contributed by atoms with Crippen LogP contribution < -0.4 is 10.6 Å². The molecule has 0 unspecified atom stereocenters. The van der Waals surface area contributed by atoms with E-state index in [0.717, 1.165) is 28.2 Å². The Morgan fingerprint density at radius 1 is 1.12 bits per heavy atom. The molecule has 1 atom stereocenters. The zero-order valence-electron chi connectivity index (χ0n) is 19.8. The molecule has 3 rings (SSSR count). The van der Waals surface area contributed by atoms with Gasteiger partial charge in [-0.1, -0.05) is 48.5 Å². The number of rotatable bonds is 7. The van der Waals surface area contributed by atoms with Crippen molar-refractivity contribution in [3.63, 3.8) is 0 Å². The maximum atomic E-state index is 13.2. The monoisotopic (exact) mass is 465 g/mol. The van der Waals surface area contributed by atoms with Crippen LogP contribution in [0.2, 0.25) is 0 Å². The van der Waals surface area contributed by atoms with Crippen LogP contribution in [0.25, 0.3) is 0 Å². The normalized spacial score (nSPS) is 13.6. The minimum absolute atomic E-state index is 0.0638. The first-order chi connectivity index (χ1) is 15.8. The molecule has 7 heteroatoms. The lowest BCUT2D eigenvalue weighted by molar-refractivity contribution is -0.142. The van der Waals surface area contributed by atoms with Crippen LogP contribution in [0.1, 0.15) is 43.4 Å². The average molecular weight is 466 g/mol.